The van der Waals surface area contributed by atoms with Gasteiger partial charge >= 0.3 is 0 Å². The molecule has 0 saturated carbocycles. The second kappa shape index (κ2) is 6.15. The molecular weight excluding hydrogens is 284 g/mol. The molecule has 0 aliphatic carbocycles. The van der Waals surface area contributed by atoms with Crippen LogP contribution in [0.2, 0.25) is 0 Å². The van der Waals surface area contributed by atoms with Crippen molar-refractivity contribution in [1.29, 1.82) is 0 Å². The molecule has 0 aromatic heterocycles. The Morgan fingerprint density at radius 3 is 2.73 bits per heavy atom. The third-order valence-corrected chi connectivity index (χ3v) is 3.14. The number of hydroxylamine groups is 1. The van der Waals surface area contributed by atoms with E-state index in [1.807, 2.05) is 24.3 Å². The quantitative estimate of drug-likeness (QED) is 0.535. The van der Waals surface area contributed by atoms with E-state index in [1.54, 1.807) is 12.1 Å². The van der Waals surface area contributed by atoms with Gasteiger partial charge in [-0.3, -0.25) is 15.0 Å². The van der Waals surface area contributed by atoms with Crippen molar-refractivity contribution >= 4 is 17.7 Å². The zero-order chi connectivity index (χ0) is 15.4. The number of hydrogen-bond acceptors (Lipinski definition) is 5. The van der Waals surface area contributed by atoms with Crippen LogP contribution in [-0.2, 0) is 11.4 Å². The van der Waals surface area contributed by atoms with Crippen molar-refractivity contribution in [3.05, 3.63) is 75.3 Å². The molecule has 1 N–H and O–H groups in total. The summed E-state index contributed by atoms with van der Waals surface area (Å²) in [5.74, 6) is 0.528. The van der Waals surface area contributed by atoms with Crippen LogP contribution >= 0.6 is 0 Å². The second-order valence-electron chi connectivity index (χ2n) is 4.59. The summed E-state index contributed by atoms with van der Waals surface area (Å²) in [5, 5.41) is 18.7. The van der Waals surface area contributed by atoms with Crippen molar-refractivity contribution in [1.82, 2.24) is 5.48 Å². The van der Waals surface area contributed by atoms with E-state index in [-0.39, 0.29) is 5.69 Å². The van der Waals surface area contributed by atoms with E-state index in [4.69, 9.17) is 4.84 Å². The number of hydrogen-bond donors (Lipinski definition) is 1. The minimum absolute atomic E-state index is 0.0414. The lowest BCUT2D eigenvalue weighted by molar-refractivity contribution is -0.384. The highest BCUT2D eigenvalue weighted by Gasteiger charge is 2.14. The monoisotopic (exact) mass is 296 g/mol. The van der Waals surface area contributed by atoms with E-state index in [0.717, 1.165) is 16.7 Å². The van der Waals surface area contributed by atoms with Gasteiger partial charge in [0.15, 0.2) is 5.84 Å². The molecule has 2 aromatic rings. The summed E-state index contributed by atoms with van der Waals surface area (Å²) in [6.45, 7) is 0.473. The molecule has 0 bridgehead atoms. The second-order valence-corrected chi connectivity index (χ2v) is 4.59. The molecule has 22 heavy (non-hydrogen) atoms. The molecule has 0 saturated heterocycles. The van der Waals surface area contributed by atoms with Crippen molar-refractivity contribution < 1.29 is 9.76 Å². The molecule has 0 atom stereocenters. The fourth-order valence-electron chi connectivity index (χ4n) is 2.02. The summed E-state index contributed by atoms with van der Waals surface area (Å²) in [6.07, 6.45) is 1.52. The Bertz CT molecular complexity index is 754. The van der Waals surface area contributed by atoms with Crippen LogP contribution in [0.25, 0.3) is 0 Å². The molecule has 1 heterocycles. The summed E-state index contributed by atoms with van der Waals surface area (Å²) < 4.78 is 0. The van der Waals surface area contributed by atoms with Gasteiger partial charge in [0.2, 0.25) is 0 Å². The fraction of sp³-hybridized carbons (Fsp3) is 0.0667. The van der Waals surface area contributed by atoms with Crippen LogP contribution in [0.3, 0.4) is 0 Å². The van der Waals surface area contributed by atoms with Gasteiger partial charge in [-0.2, -0.15) is 5.10 Å². The summed E-state index contributed by atoms with van der Waals surface area (Å²) in [7, 11) is 0. The maximum atomic E-state index is 10.6. The van der Waals surface area contributed by atoms with Gasteiger partial charge in [0.1, 0.15) is 6.61 Å². The van der Waals surface area contributed by atoms with E-state index in [9.17, 15) is 10.1 Å². The number of amidine groups is 1. The minimum Gasteiger partial charge on any atom is -0.270 e. The predicted octanol–water partition coefficient (Wildman–Crippen LogP) is 2.41. The van der Waals surface area contributed by atoms with E-state index in [2.05, 4.69) is 15.7 Å². The number of nitrogens with one attached hydrogen (secondary N) is 1. The van der Waals surface area contributed by atoms with E-state index < -0.39 is 4.92 Å². The van der Waals surface area contributed by atoms with Crippen LogP contribution in [0.5, 0.6) is 0 Å². The van der Waals surface area contributed by atoms with Gasteiger partial charge in [-0.15, -0.1) is 5.10 Å². The maximum absolute atomic E-state index is 10.6. The maximum Gasteiger partial charge on any atom is 0.269 e. The van der Waals surface area contributed by atoms with Crippen LogP contribution in [0.1, 0.15) is 16.7 Å². The zero-order valence-corrected chi connectivity index (χ0v) is 11.5. The van der Waals surface area contributed by atoms with Crippen molar-refractivity contribution in [2.75, 3.05) is 0 Å². The lowest BCUT2D eigenvalue weighted by atomic mass is 10.1. The Morgan fingerprint density at radius 1 is 1.18 bits per heavy atom. The fourth-order valence-corrected chi connectivity index (χ4v) is 2.02. The van der Waals surface area contributed by atoms with E-state index in [0.29, 0.717) is 12.4 Å². The topological polar surface area (TPSA) is 89.1 Å². The first-order valence-electron chi connectivity index (χ1n) is 6.55. The van der Waals surface area contributed by atoms with Crippen LogP contribution < -0.4 is 5.48 Å². The van der Waals surface area contributed by atoms with Crippen molar-refractivity contribution in [3.8, 4) is 0 Å². The average Bonchev–Trinajstić information content (AvgIpc) is 2.55. The van der Waals surface area contributed by atoms with Crippen LogP contribution in [0.15, 0.2) is 58.7 Å². The lowest BCUT2D eigenvalue weighted by Gasteiger charge is -2.18. The smallest absolute Gasteiger partial charge is 0.269 e. The van der Waals surface area contributed by atoms with Crippen molar-refractivity contribution in [2.24, 2.45) is 10.2 Å². The first-order chi connectivity index (χ1) is 10.7. The number of nitrogens with zero attached hydrogens (tertiary/aromatic N) is 3. The number of non-ortho nitro benzene ring substituents is 1. The third-order valence-electron chi connectivity index (χ3n) is 3.14. The van der Waals surface area contributed by atoms with Crippen LogP contribution in [0, 0.1) is 10.1 Å². The number of nitro benzene ring substituents is 1. The average molecular weight is 296 g/mol. The van der Waals surface area contributed by atoms with Gasteiger partial charge in [0.25, 0.3) is 5.69 Å². The number of fused-ring (bicyclic) bond motifs is 1. The lowest BCUT2D eigenvalue weighted by Crippen LogP contribution is -2.30. The molecule has 0 radical (unpaired) electrons. The molecule has 7 nitrogen and oxygen atoms in total. The molecule has 0 amide bonds. The number of nitro groups is 1. The molecule has 7 heteroatoms. The molecular formula is C15H12N4O3. The molecule has 0 fully saturated rings. The molecule has 2 aromatic carbocycles. The molecule has 1 aliphatic heterocycles. The predicted molar refractivity (Wildman–Crippen MR) is 81.6 cm³/mol. The normalized spacial score (nSPS) is 15.5. The Morgan fingerprint density at radius 2 is 1.95 bits per heavy atom. The van der Waals surface area contributed by atoms with Gasteiger partial charge in [0, 0.05) is 17.7 Å². The Kier molecular flexibility index (Phi) is 3.88. The standard InChI is InChI=1S/C15H12N4O3/c20-19(21)13-7-5-11(6-8-13)9-16-17-15-14-4-2-1-3-12(14)10-22-18-15/h1-9H,10H2,(H,17,18)/b16-9+. The van der Waals surface area contributed by atoms with E-state index in [1.165, 1.54) is 18.3 Å². The van der Waals surface area contributed by atoms with Gasteiger partial charge in [-0.25, -0.2) is 5.48 Å². The molecule has 1 aliphatic rings. The van der Waals surface area contributed by atoms with Gasteiger partial charge in [0.05, 0.1) is 11.1 Å². The number of rotatable bonds is 3. The summed E-state index contributed by atoms with van der Waals surface area (Å²) in [6, 6.07) is 13.8. The van der Waals surface area contributed by atoms with Crippen LogP contribution in [0.4, 0.5) is 5.69 Å². The molecule has 0 spiro atoms. The summed E-state index contributed by atoms with van der Waals surface area (Å²) in [5.41, 5.74) is 5.47. The van der Waals surface area contributed by atoms with Crippen molar-refractivity contribution in [2.45, 2.75) is 6.61 Å². The highest BCUT2D eigenvalue weighted by molar-refractivity contribution is 6.00. The SMILES string of the molecule is O=[N+]([O-])c1ccc(/C=N/N=C2\NOCc3ccccc32)cc1. The Labute approximate surface area is 126 Å². The van der Waals surface area contributed by atoms with Crippen LogP contribution in [-0.4, -0.2) is 17.0 Å². The Balaban J connectivity index is 1.78. The highest BCUT2D eigenvalue weighted by Crippen LogP contribution is 2.14. The zero-order valence-electron chi connectivity index (χ0n) is 11.5. The van der Waals surface area contributed by atoms with E-state index >= 15 is 0 Å². The first-order valence-corrected chi connectivity index (χ1v) is 6.55. The number of benzene rings is 2. The Hall–Kier alpha value is -3.06. The van der Waals surface area contributed by atoms with Gasteiger partial charge in [-0.05, 0) is 23.3 Å². The molecule has 0 unspecified atom stereocenters. The van der Waals surface area contributed by atoms with Gasteiger partial charge in [-0.1, -0.05) is 24.3 Å². The summed E-state index contributed by atoms with van der Waals surface area (Å²) >= 11 is 0. The molecule has 110 valence electrons. The van der Waals surface area contributed by atoms with Gasteiger partial charge < -0.3 is 0 Å². The first kappa shape index (κ1) is 13.9. The molecule has 3 rings (SSSR count). The van der Waals surface area contributed by atoms with Crippen molar-refractivity contribution in [3.63, 3.8) is 0 Å². The highest BCUT2D eigenvalue weighted by atomic mass is 16.6. The third kappa shape index (κ3) is 2.99. The largest absolute Gasteiger partial charge is 0.270 e. The summed E-state index contributed by atoms with van der Waals surface area (Å²) in [4.78, 5) is 15.4. The minimum atomic E-state index is -0.443.